The van der Waals surface area contributed by atoms with Gasteiger partial charge in [0.15, 0.2) is 0 Å². The minimum atomic E-state index is -2.64. The summed E-state index contributed by atoms with van der Waals surface area (Å²) in [5.74, 6) is 0. The second-order valence-corrected chi connectivity index (χ2v) is 3.54. The molecule has 0 aliphatic rings. The molecule has 0 unspecified atom stereocenters. The normalized spacial score (nSPS) is 10.5. The Morgan fingerprint density at radius 1 is 1.62 bits per heavy atom. The molecule has 1 aromatic rings. The van der Waals surface area contributed by atoms with Gasteiger partial charge in [-0.05, 0) is 40.3 Å². The van der Waals surface area contributed by atoms with E-state index in [1.54, 1.807) is 22.6 Å². The topological polar surface area (TPSA) is 30.0 Å². The van der Waals surface area contributed by atoms with E-state index in [4.69, 9.17) is 11.6 Å². The van der Waals surface area contributed by atoms with Crippen molar-refractivity contribution in [3.05, 3.63) is 27.1 Å². The third kappa shape index (κ3) is 2.57. The molecule has 0 spiro atoms. The molecule has 0 saturated carbocycles. The van der Waals surface area contributed by atoms with Crippen molar-refractivity contribution >= 4 is 39.4 Å². The van der Waals surface area contributed by atoms with E-state index in [0.29, 0.717) is 0 Å². The Morgan fingerprint density at radius 3 is 2.69 bits per heavy atom. The fourth-order valence-electron chi connectivity index (χ4n) is 0.726. The number of alkyl halides is 2. The van der Waals surface area contributed by atoms with Crippen LogP contribution in [0, 0.1) is 3.70 Å². The van der Waals surface area contributed by atoms with Crippen molar-refractivity contribution in [3.63, 3.8) is 0 Å². The van der Waals surface area contributed by atoms with Crippen molar-refractivity contribution in [3.8, 4) is 0 Å². The highest BCUT2D eigenvalue weighted by molar-refractivity contribution is 14.1. The maximum absolute atomic E-state index is 12.3. The number of pyridine rings is 1. The van der Waals surface area contributed by atoms with Crippen LogP contribution in [0.15, 0.2) is 12.3 Å². The lowest BCUT2D eigenvalue weighted by Crippen LogP contribution is -1.98. The molecule has 0 amide bonds. The average Bonchev–Trinajstić information content (AvgIpc) is 2.04. The minimum absolute atomic E-state index is 0.0163. The van der Waals surface area contributed by atoms with E-state index < -0.39 is 11.7 Å². The van der Waals surface area contributed by atoms with E-state index >= 15 is 0 Å². The fourth-order valence-corrected chi connectivity index (χ4v) is 1.36. The zero-order chi connectivity index (χ0) is 10.0. The molecular weight excluding hydrogens is 314 g/mol. The van der Waals surface area contributed by atoms with E-state index in [-0.39, 0.29) is 14.8 Å². The van der Waals surface area contributed by atoms with Crippen LogP contribution < -0.4 is 0 Å². The molecule has 0 saturated heterocycles. The third-order valence-electron chi connectivity index (χ3n) is 1.33. The van der Waals surface area contributed by atoms with Gasteiger partial charge in [0, 0.05) is 6.20 Å². The van der Waals surface area contributed by atoms with Gasteiger partial charge in [0.2, 0.25) is 0 Å². The summed E-state index contributed by atoms with van der Waals surface area (Å²) in [6.45, 7) is 0. The highest BCUT2D eigenvalue weighted by atomic mass is 127. The Kier molecular flexibility index (Phi) is 3.55. The Morgan fingerprint density at radius 2 is 2.23 bits per heavy atom. The monoisotopic (exact) mass is 317 g/mol. The molecule has 0 aliphatic carbocycles. The molecule has 0 atom stereocenters. The second-order valence-electron chi connectivity index (χ2n) is 2.18. The first kappa shape index (κ1) is 10.8. The van der Waals surface area contributed by atoms with Crippen molar-refractivity contribution in [1.29, 1.82) is 0 Å². The lowest BCUT2D eigenvalue weighted by atomic mass is 10.2. The highest BCUT2D eigenvalue weighted by Gasteiger charge is 2.15. The maximum atomic E-state index is 12.3. The zero-order valence-electron chi connectivity index (χ0n) is 6.10. The van der Waals surface area contributed by atoms with E-state index in [0.717, 1.165) is 6.07 Å². The summed E-state index contributed by atoms with van der Waals surface area (Å²) in [4.78, 5) is 14.2. The highest BCUT2D eigenvalue weighted by Crippen LogP contribution is 2.24. The number of hydrogen-bond donors (Lipinski definition) is 0. The molecule has 2 nitrogen and oxygen atoms in total. The summed E-state index contributed by atoms with van der Waals surface area (Å²) in [6, 6.07) is 1.05. The summed E-state index contributed by atoms with van der Waals surface area (Å²) >= 11 is 6.78. The predicted molar refractivity (Wildman–Crippen MR) is 52.1 cm³/mol. The van der Waals surface area contributed by atoms with Crippen molar-refractivity contribution in [1.82, 2.24) is 4.98 Å². The molecular formula is C7H3ClF2INO. The molecule has 0 aliphatic heterocycles. The summed E-state index contributed by atoms with van der Waals surface area (Å²) in [6.07, 6.45) is -1.47. The third-order valence-corrected chi connectivity index (χ3v) is 2.45. The van der Waals surface area contributed by atoms with E-state index in [1.165, 1.54) is 6.20 Å². The summed E-state index contributed by atoms with van der Waals surface area (Å²) in [5.41, 5.74) is -0.288. The Balaban J connectivity index is 3.19. The number of halogens is 4. The van der Waals surface area contributed by atoms with Crippen LogP contribution in [-0.4, -0.2) is 10.2 Å². The Labute approximate surface area is 91.4 Å². The van der Waals surface area contributed by atoms with Crippen molar-refractivity contribution in [2.24, 2.45) is 0 Å². The first-order valence-electron chi connectivity index (χ1n) is 3.16. The van der Waals surface area contributed by atoms with Crippen LogP contribution in [0.5, 0.6) is 0 Å². The molecule has 13 heavy (non-hydrogen) atoms. The van der Waals surface area contributed by atoms with Gasteiger partial charge in [0.25, 0.3) is 11.7 Å². The SMILES string of the molecule is O=C(Cl)c1cnc(I)c(C(F)F)c1. The first-order valence-corrected chi connectivity index (χ1v) is 4.61. The molecule has 0 fully saturated rings. The quantitative estimate of drug-likeness (QED) is 0.477. The van der Waals surface area contributed by atoms with E-state index in [2.05, 4.69) is 4.98 Å². The van der Waals surface area contributed by atoms with Crippen LogP contribution in [0.4, 0.5) is 8.78 Å². The van der Waals surface area contributed by atoms with Gasteiger partial charge in [-0.15, -0.1) is 0 Å². The van der Waals surface area contributed by atoms with Crippen LogP contribution in [-0.2, 0) is 0 Å². The van der Waals surface area contributed by atoms with Gasteiger partial charge in [-0.2, -0.15) is 0 Å². The predicted octanol–water partition coefficient (Wildman–Crippen LogP) is 3.00. The number of rotatable bonds is 2. The van der Waals surface area contributed by atoms with Gasteiger partial charge in [-0.3, -0.25) is 4.79 Å². The molecule has 6 heteroatoms. The molecule has 0 radical (unpaired) electrons. The molecule has 0 aromatic carbocycles. The zero-order valence-corrected chi connectivity index (χ0v) is 9.01. The van der Waals surface area contributed by atoms with Gasteiger partial charge in [-0.25, -0.2) is 13.8 Å². The Hall–Kier alpha value is -0.300. The molecule has 0 N–H and O–H groups in total. The van der Waals surface area contributed by atoms with Gasteiger partial charge in [0.05, 0.1) is 11.1 Å². The smallest absolute Gasteiger partial charge is 0.266 e. The van der Waals surface area contributed by atoms with Gasteiger partial charge < -0.3 is 0 Å². The van der Waals surface area contributed by atoms with Crippen LogP contribution in [0.1, 0.15) is 22.3 Å². The summed E-state index contributed by atoms with van der Waals surface area (Å²) < 4.78 is 24.7. The van der Waals surface area contributed by atoms with Crippen LogP contribution in [0.2, 0.25) is 0 Å². The van der Waals surface area contributed by atoms with E-state index in [1.807, 2.05) is 0 Å². The Bertz CT molecular complexity index is 345. The number of aromatic nitrogens is 1. The molecule has 1 heterocycles. The van der Waals surface area contributed by atoms with Crippen LogP contribution >= 0.6 is 34.2 Å². The lowest BCUT2D eigenvalue weighted by Gasteiger charge is -2.02. The van der Waals surface area contributed by atoms with Crippen LogP contribution in [0.25, 0.3) is 0 Å². The van der Waals surface area contributed by atoms with Gasteiger partial charge >= 0.3 is 0 Å². The summed E-state index contributed by atoms with van der Waals surface area (Å²) in [5, 5.41) is -0.786. The molecule has 0 bridgehead atoms. The number of carbonyl (C=O) groups excluding carboxylic acids is 1. The van der Waals surface area contributed by atoms with Crippen molar-refractivity contribution < 1.29 is 13.6 Å². The maximum Gasteiger partial charge on any atom is 0.266 e. The van der Waals surface area contributed by atoms with E-state index in [9.17, 15) is 13.6 Å². The number of hydrogen-bond acceptors (Lipinski definition) is 2. The summed E-state index contributed by atoms with van der Waals surface area (Å²) in [7, 11) is 0. The largest absolute Gasteiger partial charge is 0.276 e. The molecule has 1 rings (SSSR count). The van der Waals surface area contributed by atoms with Crippen LogP contribution in [0.3, 0.4) is 0 Å². The molecule has 70 valence electrons. The number of carbonyl (C=O) groups is 1. The number of nitrogens with zero attached hydrogens (tertiary/aromatic N) is 1. The lowest BCUT2D eigenvalue weighted by molar-refractivity contribution is 0.108. The van der Waals surface area contributed by atoms with Crippen molar-refractivity contribution in [2.45, 2.75) is 6.43 Å². The van der Waals surface area contributed by atoms with Gasteiger partial charge in [0.1, 0.15) is 3.70 Å². The second kappa shape index (κ2) is 4.28. The average molecular weight is 317 g/mol. The molecule has 1 aromatic heterocycles. The van der Waals surface area contributed by atoms with Crippen molar-refractivity contribution in [2.75, 3.05) is 0 Å². The fraction of sp³-hybridized carbons (Fsp3) is 0.143. The van der Waals surface area contributed by atoms with Gasteiger partial charge in [-0.1, -0.05) is 0 Å². The first-order chi connectivity index (χ1) is 6.02. The minimum Gasteiger partial charge on any atom is -0.276 e. The standard InChI is InChI=1S/C7H3ClF2INO/c8-5(13)3-1-4(6(9)10)7(11)12-2-3/h1-2,6H.